The number of nitrogens with zero attached hydrogens (tertiary/aromatic N) is 1. The van der Waals surface area contributed by atoms with Crippen molar-refractivity contribution in [3.63, 3.8) is 0 Å². The summed E-state index contributed by atoms with van der Waals surface area (Å²) in [7, 11) is -3.68. The molecule has 1 aliphatic heterocycles. The topological polar surface area (TPSA) is 87.6 Å². The van der Waals surface area contributed by atoms with Gasteiger partial charge in [-0.2, -0.15) is 8.42 Å². The average Bonchev–Trinajstić information content (AvgIpc) is 2.97. The number of terminal acetylenes is 1. The molecule has 0 saturated heterocycles. The number of hydrogen-bond acceptors (Lipinski definition) is 4. The molecule has 0 bridgehead atoms. The molecule has 2 N–H and O–H groups in total. The Morgan fingerprint density at radius 3 is 2.36 bits per heavy atom. The predicted octanol–water partition coefficient (Wildman–Crippen LogP) is 3.17. The maximum absolute atomic E-state index is 12.5. The zero-order chi connectivity index (χ0) is 20.4. The molecule has 3 rings (SSSR count). The van der Waals surface area contributed by atoms with Gasteiger partial charge in [0.15, 0.2) is 5.84 Å². The molecule has 2 aromatic rings. The van der Waals surface area contributed by atoms with Gasteiger partial charge in [-0.3, -0.25) is 4.79 Å². The molecule has 2 aromatic carbocycles. The quantitative estimate of drug-likeness (QED) is 0.761. The summed E-state index contributed by atoms with van der Waals surface area (Å²) in [6, 6.07) is 13.3. The van der Waals surface area contributed by atoms with Crippen molar-refractivity contribution in [1.82, 2.24) is 5.32 Å². The van der Waals surface area contributed by atoms with Gasteiger partial charge in [0.05, 0.1) is 0 Å². The molecule has 6 nitrogen and oxygen atoms in total. The molecular weight excluding hydrogens is 374 g/mol. The Balaban J connectivity index is 1.78. The molecule has 0 atom stereocenters. The van der Waals surface area contributed by atoms with Gasteiger partial charge in [0.25, 0.3) is 15.9 Å². The van der Waals surface area contributed by atoms with E-state index in [4.69, 9.17) is 6.42 Å². The summed E-state index contributed by atoms with van der Waals surface area (Å²) in [5.41, 5.74) is 0.948. The van der Waals surface area contributed by atoms with Crippen molar-refractivity contribution in [3.8, 4) is 12.3 Å². The predicted molar refractivity (Wildman–Crippen MR) is 110 cm³/mol. The molecule has 0 aliphatic carbocycles. The first-order valence-corrected chi connectivity index (χ1v) is 10.4. The lowest BCUT2D eigenvalue weighted by Gasteiger charge is -2.27. The monoisotopic (exact) mass is 395 g/mol. The van der Waals surface area contributed by atoms with Crippen molar-refractivity contribution in [2.75, 3.05) is 5.32 Å². The zero-order valence-corrected chi connectivity index (χ0v) is 16.5. The Kier molecular flexibility index (Phi) is 5.25. The van der Waals surface area contributed by atoms with Gasteiger partial charge >= 0.3 is 0 Å². The van der Waals surface area contributed by atoms with E-state index >= 15 is 0 Å². The maximum Gasteiger partial charge on any atom is 0.285 e. The fourth-order valence-electron chi connectivity index (χ4n) is 2.99. The van der Waals surface area contributed by atoms with Gasteiger partial charge in [-0.15, -0.1) is 10.8 Å². The Morgan fingerprint density at radius 1 is 1.11 bits per heavy atom. The van der Waals surface area contributed by atoms with Crippen LogP contribution in [0.5, 0.6) is 0 Å². The Labute approximate surface area is 165 Å². The summed E-state index contributed by atoms with van der Waals surface area (Å²) in [4.78, 5) is 12.7. The molecule has 0 radical (unpaired) electrons. The summed E-state index contributed by atoms with van der Waals surface area (Å²) in [5.74, 6) is 2.69. The number of fused-ring (bicyclic) bond motifs is 1. The lowest BCUT2D eigenvalue weighted by Crippen LogP contribution is -2.46. The van der Waals surface area contributed by atoms with Gasteiger partial charge in [0, 0.05) is 16.8 Å². The highest BCUT2D eigenvalue weighted by atomic mass is 32.2. The highest BCUT2D eigenvalue weighted by Gasteiger charge is 2.28. The van der Waals surface area contributed by atoms with Crippen LogP contribution in [0.1, 0.15) is 42.6 Å². The first-order valence-electron chi connectivity index (χ1n) is 8.96. The summed E-state index contributed by atoms with van der Waals surface area (Å²) in [6.45, 7) is 3.87. The molecule has 7 heteroatoms. The fourth-order valence-corrected chi connectivity index (χ4v) is 4.17. The molecule has 144 valence electrons. The van der Waals surface area contributed by atoms with Crippen molar-refractivity contribution in [3.05, 3.63) is 59.7 Å². The van der Waals surface area contributed by atoms with Crippen molar-refractivity contribution in [1.29, 1.82) is 0 Å². The Bertz CT molecular complexity index is 1080. The van der Waals surface area contributed by atoms with E-state index in [1.165, 1.54) is 6.07 Å². The first kappa shape index (κ1) is 19.6. The van der Waals surface area contributed by atoms with Gasteiger partial charge in [-0.05, 0) is 49.2 Å². The number of sulfonamides is 1. The van der Waals surface area contributed by atoms with Crippen LogP contribution in [0.2, 0.25) is 0 Å². The molecule has 0 fully saturated rings. The lowest BCUT2D eigenvalue weighted by molar-refractivity contribution is 0.0916. The summed E-state index contributed by atoms with van der Waals surface area (Å²) in [5, 5.41) is 5.92. The Hall–Kier alpha value is -3.11. The summed E-state index contributed by atoms with van der Waals surface area (Å²) >= 11 is 0. The van der Waals surface area contributed by atoms with Crippen LogP contribution in [0.15, 0.2) is 57.8 Å². The van der Waals surface area contributed by atoms with Crippen LogP contribution in [-0.2, 0) is 10.0 Å². The fraction of sp³-hybridized carbons (Fsp3) is 0.238. The highest BCUT2D eigenvalue weighted by Crippen LogP contribution is 2.26. The van der Waals surface area contributed by atoms with E-state index in [0.29, 0.717) is 29.7 Å². The van der Waals surface area contributed by atoms with Crippen LogP contribution >= 0.6 is 0 Å². The number of benzene rings is 2. The van der Waals surface area contributed by atoms with Crippen molar-refractivity contribution >= 4 is 27.5 Å². The van der Waals surface area contributed by atoms with E-state index in [-0.39, 0.29) is 16.6 Å². The van der Waals surface area contributed by atoms with Crippen LogP contribution in [0, 0.1) is 12.3 Å². The smallest absolute Gasteiger partial charge is 0.285 e. The number of rotatable bonds is 5. The van der Waals surface area contributed by atoms with E-state index in [1.54, 1.807) is 42.5 Å². The summed E-state index contributed by atoms with van der Waals surface area (Å²) in [6.07, 6.45) is 6.87. The minimum atomic E-state index is -3.68. The number of anilines is 1. The van der Waals surface area contributed by atoms with Crippen LogP contribution in [-0.4, -0.2) is 25.7 Å². The lowest BCUT2D eigenvalue weighted by atomic mass is 9.93. The number of nitrogens with one attached hydrogen (secondary N) is 2. The van der Waals surface area contributed by atoms with Gasteiger partial charge in [-0.1, -0.05) is 31.9 Å². The minimum absolute atomic E-state index is 0.179. The number of amidine groups is 1. The third kappa shape index (κ3) is 3.64. The van der Waals surface area contributed by atoms with Gasteiger partial charge < -0.3 is 10.6 Å². The third-order valence-electron chi connectivity index (χ3n) is 4.88. The molecule has 1 amide bonds. The second-order valence-electron chi connectivity index (χ2n) is 6.50. The second kappa shape index (κ2) is 7.49. The van der Waals surface area contributed by atoms with Crippen molar-refractivity contribution in [2.45, 2.75) is 37.1 Å². The van der Waals surface area contributed by atoms with Gasteiger partial charge in [0.1, 0.15) is 10.4 Å². The molecule has 1 heterocycles. The molecule has 0 spiro atoms. The standard InChI is InChI=1S/C21H21N3O3S/c1-4-21(5-2,6-3)23-20(25)15-11-13-16(14-12-15)22-19-17-9-7-8-10-18(17)28(26,27)24-19/h1,7-14H,5-6H2,2-3H3,(H,22,24)(H,23,25). The van der Waals surface area contributed by atoms with Crippen LogP contribution in [0.4, 0.5) is 5.69 Å². The van der Waals surface area contributed by atoms with Gasteiger partial charge in [0.2, 0.25) is 0 Å². The van der Waals surface area contributed by atoms with E-state index in [0.717, 1.165) is 0 Å². The normalized spacial score (nSPS) is 14.5. The SMILES string of the molecule is C#CC(CC)(CC)NC(=O)c1ccc(NC2=NS(=O)(=O)c3ccccc32)cc1. The van der Waals surface area contributed by atoms with E-state index in [9.17, 15) is 13.2 Å². The highest BCUT2D eigenvalue weighted by molar-refractivity contribution is 7.90. The Morgan fingerprint density at radius 2 is 1.75 bits per heavy atom. The number of carbonyl (C=O) groups is 1. The van der Waals surface area contributed by atoms with E-state index < -0.39 is 15.6 Å². The maximum atomic E-state index is 12.5. The van der Waals surface area contributed by atoms with E-state index in [1.807, 2.05) is 13.8 Å². The average molecular weight is 395 g/mol. The molecular formula is C21H21N3O3S. The molecule has 0 aromatic heterocycles. The van der Waals surface area contributed by atoms with Crippen LogP contribution < -0.4 is 10.6 Å². The molecule has 28 heavy (non-hydrogen) atoms. The molecule has 0 unspecified atom stereocenters. The van der Waals surface area contributed by atoms with Crippen molar-refractivity contribution < 1.29 is 13.2 Å². The number of carbonyl (C=O) groups excluding carboxylic acids is 1. The largest absolute Gasteiger partial charge is 0.339 e. The first-order chi connectivity index (χ1) is 13.3. The second-order valence-corrected chi connectivity index (χ2v) is 8.07. The van der Waals surface area contributed by atoms with Crippen LogP contribution in [0.25, 0.3) is 0 Å². The number of hydrogen-bond donors (Lipinski definition) is 2. The van der Waals surface area contributed by atoms with E-state index in [2.05, 4.69) is 21.0 Å². The van der Waals surface area contributed by atoms with Gasteiger partial charge in [-0.25, -0.2) is 0 Å². The third-order valence-corrected chi connectivity index (χ3v) is 6.21. The minimum Gasteiger partial charge on any atom is -0.339 e. The van der Waals surface area contributed by atoms with Crippen molar-refractivity contribution in [2.24, 2.45) is 4.40 Å². The molecule has 1 aliphatic rings. The molecule has 0 saturated carbocycles. The number of amides is 1. The zero-order valence-electron chi connectivity index (χ0n) is 15.7. The van der Waals surface area contributed by atoms with Crippen LogP contribution in [0.3, 0.4) is 0 Å². The summed E-state index contributed by atoms with van der Waals surface area (Å²) < 4.78 is 28.0.